The number of fused-ring (bicyclic) bond motifs is 1. The third-order valence-electron chi connectivity index (χ3n) is 5.03. The van der Waals surface area contributed by atoms with Gasteiger partial charge in [-0.1, -0.05) is 66.7 Å². The van der Waals surface area contributed by atoms with Gasteiger partial charge in [-0.3, -0.25) is 0 Å². The van der Waals surface area contributed by atoms with E-state index < -0.39 is 0 Å². The molecule has 1 aliphatic carbocycles. The molecular formula is C22H17N. The van der Waals surface area contributed by atoms with Crippen LogP contribution in [0.25, 0.3) is 27.8 Å². The first-order valence-corrected chi connectivity index (χ1v) is 8.10. The number of hydrogen-bond donors (Lipinski definition) is 1. The summed E-state index contributed by atoms with van der Waals surface area (Å²) < 4.78 is 0. The van der Waals surface area contributed by atoms with Crippen LogP contribution in [0.2, 0.25) is 0 Å². The molecule has 23 heavy (non-hydrogen) atoms. The molecule has 0 fully saturated rings. The average Bonchev–Trinajstić information content (AvgIpc) is 2.92. The van der Waals surface area contributed by atoms with Crippen molar-refractivity contribution in [2.45, 2.75) is 12.8 Å². The smallest absolute Gasteiger partial charge is 0.0459 e. The summed E-state index contributed by atoms with van der Waals surface area (Å²) in [5.41, 5.74) is 6.62. The highest BCUT2D eigenvalue weighted by Gasteiger charge is 2.23. The number of para-hydroxylation sites is 1. The van der Waals surface area contributed by atoms with E-state index in [9.17, 15) is 0 Å². The van der Waals surface area contributed by atoms with Gasteiger partial charge in [-0.15, -0.1) is 0 Å². The Morgan fingerprint density at radius 1 is 0.870 bits per heavy atom. The maximum absolute atomic E-state index is 3.55. The maximum atomic E-state index is 3.55. The van der Waals surface area contributed by atoms with Crippen LogP contribution in [0, 0.1) is 6.92 Å². The van der Waals surface area contributed by atoms with Gasteiger partial charge in [0.2, 0.25) is 0 Å². The van der Waals surface area contributed by atoms with Crippen molar-refractivity contribution in [2.24, 2.45) is 0 Å². The second-order valence-electron chi connectivity index (χ2n) is 6.34. The van der Waals surface area contributed by atoms with Gasteiger partial charge >= 0.3 is 0 Å². The van der Waals surface area contributed by atoms with Gasteiger partial charge in [0.1, 0.15) is 0 Å². The zero-order valence-electron chi connectivity index (χ0n) is 13.0. The Balaban J connectivity index is 1.84. The molecule has 1 aromatic heterocycles. The van der Waals surface area contributed by atoms with E-state index in [-0.39, 0.29) is 0 Å². The summed E-state index contributed by atoms with van der Waals surface area (Å²) in [6, 6.07) is 21.8. The molecule has 1 heteroatoms. The summed E-state index contributed by atoms with van der Waals surface area (Å²) in [4.78, 5) is 3.55. The molecule has 0 saturated heterocycles. The van der Waals surface area contributed by atoms with Crippen LogP contribution in [0.15, 0.2) is 66.7 Å². The fourth-order valence-electron chi connectivity index (χ4n) is 4.05. The summed E-state index contributed by atoms with van der Waals surface area (Å²) in [6.45, 7) is 2.18. The molecule has 1 nitrogen and oxygen atoms in total. The Hall–Kier alpha value is -2.80. The fourth-order valence-corrected chi connectivity index (χ4v) is 4.05. The molecule has 1 heterocycles. The molecule has 0 saturated carbocycles. The number of aromatic nitrogens is 1. The SMILES string of the molecule is Cc1[nH]c2ccccc2c1C1C=Cc2cccc3cccc1c23. The molecule has 1 unspecified atom stereocenters. The molecule has 1 atom stereocenters. The summed E-state index contributed by atoms with van der Waals surface area (Å²) in [5.74, 6) is 0.310. The fraction of sp³-hybridized carbons (Fsp3) is 0.0909. The van der Waals surface area contributed by atoms with Gasteiger partial charge in [0, 0.05) is 22.5 Å². The van der Waals surface area contributed by atoms with E-state index in [0.29, 0.717) is 5.92 Å². The number of rotatable bonds is 1. The van der Waals surface area contributed by atoms with Crippen molar-refractivity contribution in [3.8, 4) is 0 Å². The molecule has 0 amide bonds. The van der Waals surface area contributed by atoms with Gasteiger partial charge in [-0.25, -0.2) is 0 Å². The van der Waals surface area contributed by atoms with E-state index in [1.54, 1.807) is 0 Å². The summed E-state index contributed by atoms with van der Waals surface area (Å²) in [7, 11) is 0. The Morgan fingerprint density at radius 2 is 1.70 bits per heavy atom. The van der Waals surface area contributed by atoms with Crippen molar-refractivity contribution >= 4 is 27.8 Å². The predicted molar refractivity (Wildman–Crippen MR) is 97.9 cm³/mol. The molecule has 0 aliphatic heterocycles. The number of hydrogen-bond acceptors (Lipinski definition) is 0. The van der Waals surface area contributed by atoms with E-state index in [0.717, 1.165) is 0 Å². The molecule has 1 N–H and O–H groups in total. The lowest BCUT2D eigenvalue weighted by atomic mass is 9.81. The van der Waals surface area contributed by atoms with Crippen LogP contribution in [0.3, 0.4) is 0 Å². The lowest BCUT2D eigenvalue weighted by molar-refractivity contribution is 1.02. The molecule has 1 aliphatic rings. The Morgan fingerprint density at radius 3 is 2.61 bits per heavy atom. The Bertz CT molecular complexity index is 1080. The molecule has 3 aromatic carbocycles. The van der Waals surface area contributed by atoms with E-state index in [1.165, 1.54) is 44.1 Å². The third-order valence-corrected chi connectivity index (χ3v) is 5.03. The third kappa shape index (κ3) is 1.74. The van der Waals surface area contributed by atoms with Gasteiger partial charge in [0.25, 0.3) is 0 Å². The van der Waals surface area contributed by atoms with Crippen LogP contribution in [-0.4, -0.2) is 4.98 Å². The largest absolute Gasteiger partial charge is 0.358 e. The first-order valence-electron chi connectivity index (χ1n) is 8.10. The molecule has 0 spiro atoms. The summed E-state index contributed by atoms with van der Waals surface area (Å²) >= 11 is 0. The molecule has 0 radical (unpaired) electrons. The summed E-state index contributed by atoms with van der Waals surface area (Å²) in [6.07, 6.45) is 4.63. The standard InChI is InChI=1S/C22H17N/c1-14-21(19-9-2-3-11-20(19)23-14)18-13-12-16-7-4-6-15-8-5-10-17(18)22(15)16/h2-13,18,23H,1H3. The van der Waals surface area contributed by atoms with Crippen molar-refractivity contribution < 1.29 is 0 Å². The quantitative estimate of drug-likeness (QED) is 0.457. The molecule has 4 aromatic rings. The molecule has 5 rings (SSSR count). The van der Waals surface area contributed by atoms with Gasteiger partial charge in [-0.05, 0) is 40.5 Å². The zero-order valence-corrected chi connectivity index (χ0v) is 13.0. The van der Waals surface area contributed by atoms with E-state index in [2.05, 4.69) is 84.7 Å². The Kier molecular flexibility index (Phi) is 2.54. The van der Waals surface area contributed by atoms with Crippen molar-refractivity contribution in [2.75, 3.05) is 0 Å². The van der Waals surface area contributed by atoms with Gasteiger partial charge in [-0.2, -0.15) is 0 Å². The highest BCUT2D eigenvalue weighted by molar-refractivity contribution is 5.97. The molecule has 110 valence electrons. The maximum Gasteiger partial charge on any atom is 0.0459 e. The second-order valence-corrected chi connectivity index (χ2v) is 6.34. The predicted octanol–water partition coefficient (Wildman–Crippen LogP) is 5.79. The first-order chi connectivity index (χ1) is 11.3. The normalized spacial score (nSPS) is 16.3. The van der Waals surface area contributed by atoms with E-state index >= 15 is 0 Å². The van der Waals surface area contributed by atoms with E-state index in [4.69, 9.17) is 0 Å². The minimum absolute atomic E-state index is 0.310. The van der Waals surface area contributed by atoms with Gasteiger partial charge in [0.05, 0.1) is 0 Å². The van der Waals surface area contributed by atoms with Gasteiger partial charge in [0.15, 0.2) is 0 Å². The van der Waals surface area contributed by atoms with Crippen LogP contribution in [0.5, 0.6) is 0 Å². The second kappa shape index (κ2) is 4.60. The molecular weight excluding hydrogens is 278 g/mol. The minimum Gasteiger partial charge on any atom is -0.358 e. The lowest BCUT2D eigenvalue weighted by Gasteiger charge is -2.22. The summed E-state index contributed by atoms with van der Waals surface area (Å²) in [5, 5.41) is 4.05. The van der Waals surface area contributed by atoms with Crippen molar-refractivity contribution in [3.05, 3.63) is 89.1 Å². The van der Waals surface area contributed by atoms with Crippen LogP contribution in [-0.2, 0) is 0 Å². The van der Waals surface area contributed by atoms with Crippen molar-refractivity contribution in [1.29, 1.82) is 0 Å². The monoisotopic (exact) mass is 295 g/mol. The zero-order chi connectivity index (χ0) is 15.4. The number of aromatic amines is 1. The Labute approximate surface area is 135 Å². The van der Waals surface area contributed by atoms with Crippen LogP contribution in [0.4, 0.5) is 0 Å². The first kappa shape index (κ1) is 12.7. The average molecular weight is 295 g/mol. The van der Waals surface area contributed by atoms with Gasteiger partial charge < -0.3 is 4.98 Å². The van der Waals surface area contributed by atoms with Crippen LogP contribution >= 0.6 is 0 Å². The number of nitrogens with one attached hydrogen (secondary N) is 1. The van der Waals surface area contributed by atoms with Crippen LogP contribution in [0.1, 0.15) is 28.3 Å². The number of H-pyrrole nitrogens is 1. The van der Waals surface area contributed by atoms with Crippen molar-refractivity contribution in [3.63, 3.8) is 0 Å². The van der Waals surface area contributed by atoms with E-state index in [1.807, 2.05) is 0 Å². The highest BCUT2D eigenvalue weighted by Crippen LogP contribution is 2.41. The number of aryl methyl sites for hydroxylation is 1. The number of allylic oxidation sites excluding steroid dienone is 1. The lowest BCUT2D eigenvalue weighted by Crippen LogP contribution is -2.04. The van der Waals surface area contributed by atoms with Crippen molar-refractivity contribution in [1.82, 2.24) is 4.98 Å². The highest BCUT2D eigenvalue weighted by atomic mass is 14.7. The molecule has 0 bridgehead atoms. The minimum atomic E-state index is 0.310. The topological polar surface area (TPSA) is 15.8 Å². The number of benzene rings is 3. The van der Waals surface area contributed by atoms with Crippen LogP contribution < -0.4 is 0 Å².